The first-order valence-electron chi connectivity index (χ1n) is 5.33. The minimum Gasteiger partial charge on any atom is -0.494 e. The van der Waals surface area contributed by atoms with Gasteiger partial charge in [-0.25, -0.2) is 0 Å². The molecule has 0 saturated carbocycles. The Hall–Kier alpha value is 0.220. The van der Waals surface area contributed by atoms with Crippen LogP contribution in [0.15, 0.2) is 27.8 Å². The normalized spacial score (nSPS) is 12.2. The van der Waals surface area contributed by atoms with Crippen LogP contribution in [0, 0.1) is 0 Å². The van der Waals surface area contributed by atoms with E-state index >= 15 is 0 Å². The third kappa shape index (κ3) is 4.24. The Kier molecular flexibility index (Phi) is 6.72. The van der Waals surface area contributed by atoms with Gasteiger partial charge in [-0.3, -0.25) is 0 Å². The summed E-state index contributed by atoms with van der Waals surface area (Å²) in [6.45, 7) is 4.91. The maximum absolute atomic E-state index is 5.43. The van der Waals surface area contributed by atoms with E-state index in [9.17, 15) is 0 Å². The highest BCUT2D eigenvalue weighted by molar-refractivity contribution is 14.1. The van der Waals surface area contributed by atoms with Crippen LogP contribution in [-0.2, 0) is 0 Å². The summed E-state index contributed by atoms with van der Waals surface area (Å²) in [4.78, 5) is 0. The van der Waals surface area contributed by atoms with Gasteiger partial charge in [-0.15, -0.1) is 0 Å². The molecule has 0 unspecified atom stereocenters. The first kappa shape index (κ1) is 14.3. The number of halogens is 2. The van der Waals surface area contributed by atoms with Crippen molar-refractivity contribution in [1.82, 2.24) is 0 Å². The average molecular weight is 442 g/mol. The molecule has 1 aromatic rings. The Bertz CT molecular complexity index is 355. The van der Waals surface area contributed by atoms with E-state index in [1.165, 1.54) is 19.1 Å². The van der Waals surface area contributed by atoms with Crippen molar-refractivity contribution in [3.63, 3.8) is 0 Å². The van der Waals surface area contributed by atoms with Crippen molar-refractivity contribution in [3.8, 4) is 5.75 Å². The van der Waals surface area contributed by atoms with Gasteiger partial charge in [-0.1, -0.05) is 34.7 Å². The first-order valence-corrected chi connectivity index (χ1v) is 7.94. The topological polar surface area (TPSA) is 9.23 Å². The summed E-state index contributed by atoms with van der Waals surface area (Å²) in [6.07, 6.45) is 1.15. The molecular weight excluding hydrogens is 426 g/mol. The molecule has 0 spiro atoms. The maximum atomic E-state index is 5.43. The van der Waals surface area contributed by atoms with E-state index in [-0.39, 0.29) is 0 Å². The highest BCUT2D eigenvalue weighted by Crippen LogP contribution is 2.27. The van der Waals surface area contributed by atoms with Gasteiger partial charge in [0.2, 0.25) is 0 Å². The van der Waals surface area contributed by atoms with Gasteiger partial charge in [-0.2, -0.15) is 0 Å². The molecule has 0 radical (unpaired) electrons. The summed E-state index contributed by atoms with van der Waals surface area (Å²) in [5.41, 5.74) is 2.66. The van der Waals surface area contributed by atoms with E-state index in [2.05, 4.69) is 64.2 Å². The third-order valence-electron chi connectivity index (χ3n) is 2.32. The fourth-order valence-electron chi connectivity index (χ4n) is 1.39. The number of benzene rings is 1. The van der Waals surface area contributed by atoms with Crippen LogP contribution in [0.5, 0.6) is 5.75 Å². The molecule has 3 heteroatoms. The van der Waals surface area contributed by atoms with Gasteiger partial charge in [0, 0.05) is 4.43 Å². The number of ether oxygens (including phenoxy) is 1. The molecule has 0 saturated heterocycles. The molecule has 0 fully saturated rings. The van der Waals surface area contributed by atoms with Gasteiger partial charge >= 0.3 is 0 Å². The SMILES string of the molecule is CCOc1ccc(/C(C)=C(\I)CCI)cc1. The molecule has 16 heavy (non-hydrogen) atoms. The summed E-state index contributed by atoms with van der Waals surface area (Å²) in [5, 5.41) is 0. The molecule has 0 amide bonds. The van der Waals surface area contributed by atoms with Gasteiger partial charge in [0.05, 0.1) is 6.61 Å². The van der Waals surface area contributed by atoms with Gasteiger partial charge in [0.1, 0.15) is 5.75 Å². The number of hydrogen-bond donors (Lipinski definition) is 0. The largest absolute Gasteiger partial charge is 0.494 e. The predicted octanol–water partition coefficient (Wildman–Crippen LogP) is 5.08. The second-order valence-corrected chi connectivity index (χ2v) is 5.81. The predicted molar refractivity (Wildman–Crippen MR) is 87.7 cm³/mol. The first-order chi connectivity index (χ1) is 7.69. The number of rotatable bonds is 5. The fraction of sp³-hybridized carbons (Fsp3) is 0.385. The summed E-state index contributed by atoms with van der Waals surface area (Å²) in [6, 6.07) is 8.34. The van der Waals surface area contributed by atoms with Crippen LogP contribution in [-0.4, -0.2) is 11.0 Å². The summed E-state index contributed by atoms with van der Waals surface area (Å²) < 4.78 is 8.04. The fourth-order valence-corrected chi connectivity index (χ4v) is 3.55. The van der Waals surface area contributed by atoms with Gasteiger partial charge in [0.15, 0.2) is 0 Å². The summed E-state index contributed by atoms with van der Waals surface area (Å²) in [5.74, 6) is 0.947. The van der Waals surface area contributed by atoms with E-state index in [1.807, 2.05) is 19.1 Å². The lowest BCUT2D eigenvalue weighted by atomic mass is 10.1. The van der Waals surface area contributed by atoms with Crippen molar-refractivity contribution < 1.29 is 4.74 Å². The van der Waals surface area contributed by atoms with Crippen LogP contribution in [0.4, 0.5) is 0 Å². The Morgan fingerprint density at radius 1 is 1.25 bits per heavy atom. The van der Waals surface area contributed by atoms with Crippen LogP contribution < -0.4 is 4.74 Å². The summed E-state index contributed by atoms with van der Waals surface area (Å²) >= 11 is 4.85. The Balaban J connectivity index is 2.84. The molecule has 0 aliphatic carbocycles. The van der Waals surface area contributed by atoms with Crippen LogP contribution in [0.25, 0.3) is 5.57 Å². The van der Waals surface area contributed by atoms with Crippen molar-refractivity contribution in [2.45, 2.75) is 20.3 Å². The Labute approximate surface area is 125 Å². The molecule has 0 N–H and O–H groups in total. The Morgan fingerprint density at radius 2 is 1.88 bits per heavy atom. The van der Waals surface area contributed by atoms with Crippen molar-refractivity contribution in [3.05, 3.63) is 33.4 Å². The molecule has 88 valence electrons. The van der Waals surface area contributed by atoms with E-state index in [0.29, 0.717) is 0 Å². The lowest BCUT2D eigenvalue weighted by Crippen LogP contribution is -1.91. The van der Waals surface area contributed by atoms with E-state index in [1.54, 1.807) is 0 Å². The van der Waals surface area contributed by atoms with Crippen molar-refractivity contribution in [1.29, 1.82) is 0 Å². The minimum atomic E-state index is 0.723. The minimum absolute atomic E-state index is 0.723. The number of alkyl halides is 1. The van der Waals surface area contributed by atoms with E-state index in [4.69, 9.17) is 4.74 Å². The second kappa shape index (κ2) is 7.53. The molecule has 0 bridgehead atoms. The van der Waals surface area contributed by atoms with Crippen molar-refractivity contribution in [2.75, 3.05) is 11.0 Å². The lowest BCUT2D eigenvalue weighted by Gasteiger charge is -2.07. The quantitative estimate of drug-likeness (QED) is 0.457. The molecule has 0 aliphatic rings. The zero-order valence-corrected chi connectivity index (χ0v) is 13.9. The lowest BCUT2D eigenvalue weighted by molar-refractivity contribution is 0.340. The van der Waals surface area contributed by atoms with Crippen LogP contribution in [0.3, 0.4) is 0 Å². The van der Waals surface area contributed by atoms with Crippen molar-refractivity contribution in [2.24, 2.45) is 0 Å². The van der Waals surface area contributed by atoms with Gasteiger partial charge < -0.3 is 4.74 Å². The monoisotopic (exact) mass is 442 g/mol. The highest BCUT2D eigenvalue weighted by atomic mass is 127. The second-order valence-electron chi connectivity index (χ2n) is 3.43. The smallest absolute Gasteiger partial charge is 0.119 e. The molecule has 0 aromatic heterocycles. The third-order valence-corrected chi connectivity index (χ3v) is 4.21. The molecule has 1 rings (SSSR count). The van der Waals surface area contributed by atoms with E-state index in [0.717, 1.165) is 18.8 Å². The zero-order chi connectivity index (χ0) is 12.0. The standard InChI is InChI=1S/C13H16I2O/c1-3-16-12-6-4-11(5-7-12)10(2)13(15)8-9-14/h4-7H,3,8-9H2,1-2H3/b13-10-. The Morgan fingerprint density at radius 3 is 2.38 bits per heavy atom. The van der Waals surface area contributed by atoms with Gasteiger partial charge in [0.25, 0.3) is 0 Å². The molecule has 1 aromatic carbocycles. The maximum Gasteiger partial charge on any atom is 0.119 e. The molecule has 0 aliphatic heterocycles. The van der Waals surface area contributed by atoms with Gasteiger partial charge in [-0.05, 0) is 69.7 Å². The molecular formula is C13H16I2O. The molecule has 1 nitrogen and oxygen atoms in total. The molecule has 0 atom stereocenters. The number of allylic oxidation sites excluding steroid dienone is 2. The average Bonchev–Trinajstić information content (AvgIpc) is 2.30. The van der Waals surface area contributed by atoms with Crippen molar-refractivity contribution >= 4 is 50.8 Å². The van der Waals surface area contributed by atoms with Crippen LogP contribution in [0.2, 0.25) is 0 Å². The van der Waals surface area contributed by atoms with E-state index < -0.39 is 0 Å². The van der Waals surface area contributed by atoms with Crippen LogP contribution in [0.1, 0.15) is 25.8 Å². The summed E-state index contributed by atoms with van der Waals surface area (Å²) in [7, 11) is 0. The van der Waals surface area contributed by atoms with Crippen LogP contribution >= 0.6 is 45.2 Å². The highest BCUT2D eigenvalue weighted by Gasteiger charge is 2.02. The number of hydrogen-bond acceptors (Lipinski definition) is 1. The molecule has 0 heterocycles. The zero-order valence-electron chi connectivity index (χ0n) is 9.59.